The molecule has 1 aliphatic carbocycles. The fourth-order valence-electron chi connectivity index (χ4n) is 4.94. The van der Waals surface area contributed by atoms with Gasteiger partial charge in [0.25, 0.3) is 0 Å². The van der Waals surface area contributed by atoms with E-state index in [4.69, 9.17) is 11.6 Å². The van der Waals surface area contributed by atoms with Gasteiger partial charge in [0, 0.05) is 24.0 Å². The Morgan fingerprint density at radius 1 is 0.889 bits per heavy atom. The maximum Gasteiger partial charge on any atom is 0.243 e. The lowest BCUT2D eigenvalue weighted by Crippen LogP contribution is -2.52. The number of carbonyl (C=O) groups excluding carboxylic acids is 2. The van der Waals surface area contributed by atoms with E-state index in [0.29, 0.717) is 18.0 Å². The summed E-state index contributed by atoms with van der Waals surface area (Å²) in [6, 6.07) is 23.1. The standard InChI is InChI=1S/C31H35ClN2O2/c1-22-15-16-25(17-23(22)2)20-30(35)34(21-26-11-8-12-27(32)18-26)29(19-24-9-4-3-5-10-24)31(36)33-28-13-6-7-14-28/h3-5,8-12,15-18,28-29H,6-7,13-14,19-21H2,1-2H3,(H,33,36)/t29-/m0/s1. The summed E-state index contributed by atoms with van der Waals surface area (Å²) in [6.45, 7) is 4.44. The molecule has 1 fully saturated rings. The first-order chi connectivity index (χ1) is 17.4. The van der Waals surface area contributed by atoms with Gasteiger partial charge in [0.15, 0.2) is 0 Å². The summed E-state index contributed by atoms with van der Waals surface area (Å²) in [5.74, 6) is -0.151. The van der Waals surface area contributed by atoms with Crippen LogP contribution in [0.15, 0.2) is 72.8 Å². The molecule has 2 amide bonds. The van der Waals surface area contributed by atoms with Crippen LogP contribution in [-0.4, -0.2) is 28.8 Å². The van der Waals surface area contributed by atoms with Gasteiger partial charge in [-0.15, -0.1) is 0 Å². The van der Waals surface area contributed by atoms with E-state index in [-0.39, 0.29) is 24.3 Å². The third-order valence-electron chi connectivity index (χ3n) is 7.14. The number of hydrogen-bond donors (Lipinski definition) is 1. The van der Waals surface area contributed by atoms with Crippen LogP contribution in [0.2, 0.25) is 5.02 Å². The minimum atomic E-state index is -0.619. The number of benzene rings is 3. The van der Waals surface area contributed by atoms with Crippen molar-refractivity contribution in [2.24, 2.45) is 0 Å². The minimum Gasteiger partial charge on any atom is -0.352 e. The summed E-state index contributed by atoms with van der Waals surface area (Å²) in [5, 5.41) is 3.87. The van der Waals surface area contributed by atoms with Crippen molar-refractivity contribution < 1.29 is 9.59 Å². The molecule has 1 aliphatic rings. The molecule has 1 N–H and O–H groups in total. The summed E-state index contributed by atoms with van der Waals surface area (Å²) in [7, 11) is 0. The Kier molecular flexibility index (Phi) is 8.82. The molecule has 0 radical (unpaired) electrons. The SMILES string of the molecule is Cc1ccc(CC(=O)N(Cc2cccc(Cl)c2)[C@@H](Cc2ccccc2)C(=O)NC2CCCC2)cc1C. The van der Waals surface area contributed by atoms with Gasteiger partial charge in [-0.1, -0.05) is 85.1 Å². The largest absolute Gasteiger partial charge is 0.352 e. The monoisotopic (exact) mass is 502 g/mol. The van der Waals surface area contributed by atoms with Crippen LogP contribution in [0, 0.1) is 13.8 Å². The molecular weight excluding hydrogens is 468 g/mol. The zero-order valence-corrected chi connectivity index (χ0v) is 21.9. The van der Waals surface area contributed by atoms with Crippen molar-refractivity contribution in [2.75, 3.05) is 0 Å². The van der Waals surface area contributed by atoms with E-state index in [1.165, 1.54) is 5.56 Å². The average molecular weight is 503 g/mol. The van der Waals surface area contributed by atoms with E-state index < -0.39 is 6.04 Å². The molecule has 3 aromatic rings. The van der Waals surface area contributed by atoms with Gasteiger partial charge in [0.1, 0.15) is 6.04 Å². The molecule has 1 atom stereocenters. The molecular formula is C31H35ClN2O2. The fourth-order valence-corrected chi connectivity index (χ4v) is 5.16. The number of amides is 2. The Morgan fingerprint density at radius 2 is 1.61 bits per heavy atom. The Balaban J connectivity index is 1.66. The third kappa shape index (κ3) is 6.98. The topological polar surface area (TPSA) is 49.4 Å². The Bertz CT molecular complexity index is 1190. The predicted octanol–water partition coefficient (Wildman–Crippen LogP) is 6.20. The average Bonchev–Trinajstić information content (AvgIpc) is 3.37. The van der Waals surface area contributed by atoms with Crippen LogP contribution in [0.1, 0.15) is 53.5 Å². The highest BCUT2D eigenvalue weighted by Gasteiger charge is 2.32. The van der Waals surface area contributed by atoms with E-state index in [0.717, 1.165) is 47.9 Å². The van der Waals surface area contributed by atoms with Crippen molar-refractivity contribution in [3.8, 4) is 0 Å². The fraction of sp³-hybridized carbons (Fsp3) is 0.355. The molecule has 4 nitrogen and oxygen atoms in total. The van der Waals surface area contributed by atoms with Crippen molar-refractivity contribution in [2.45, 2.75) is 71.0 Å². The molecule has 5 heteroatoms. The van der Waals surface area contributed by atoms with E-state index >= 15 is 0 Å². The van der Waals surface area contributed by atoms with E-state index in [1.54, 1.807) is 4.90 Å². The molecule has 0 aromatic heterocycles. The lowest BCUT2D eigenvalue weighted by atomic mass is 10.00. The zero-order chi connectivity index (χ0) is 25.5. The lowest BCUT2D eigenvalue weighted by molar-refractivity contribution is -0.141. The van der Waals surface area contributed by atoms with Crippen LogP contribution < -0.4 is 5.32 Å². The summed E-state index contributed by atoms with van der Waals surface area (Å²) in [4.78, 5) is 29.4. The van der Waals surface area contributed by atoms with Crippen molar-refractivity contribution in [1.82, 2.24) is 10.2 Å². The summed E-state index contributed by atoms with van der Waals surface area (Å²) in [5.41, 5.74) is 5.23. The Hall–Kier alpha value is -3.11. The van der Waals surface area contributed by atoms with Gasteiger partial charge < -0.3 is 10.2 Å². The first-order valence-electron chi connectivity index (χ1n) is 12.8. The number of nitrogens with zero attached hydrogens (tertiary/aromatic N) is 1. The van der Waals surface area contributed by atoms with E-state index in [9.17, 15) is 9.59 Å². The third-order valence-corrected chi connectivity index (χ3v) is 7.38. The van der Waals surface area contributed by atoms with Crippen LogP contribution in [0.25, 0.3) is 0 Å². The van der Waals surface area contributed by atoms with Gasteiger partial charge in [0.2, 0.25) is 11.8 Å². The molecule has 0 saturated heterocycles. The van der Waals surface area contributed by atoms with Crippen molar-refractivity contribution in [1.29, 1.82) is 0 Å². The molecule has 1 saturated carbocycles. The highest BCUT2D eigenvalue weighted by Crippen LogP contribution is 2.22. The van der Waals surface area contributed by atoms with Crippen molar-refractivity contribution in [3.05, 3.63) is 106 Å². The maximum atomic E-state index is 13.9. The number of rotatable bonds is 9. The first-order valence-corrected chi connectivity index (χ1v) is 13.2. The van der Waals surface area contributed by atoms with Crippen LogP contribution in [0.5, 0.6) is 0 Å². The zero-order valence-electron chi connectivity index (χ0n) is 21.2. The van der Waals surface area contributed by atoms with Gasteiger partial charge >= 0.3 is 0 Å². The minimum absolute atomic E-state index is 0.0688. The maximum absolute atomic E-state index is 13.9. The van der Waals surface area contributed by atoms with Gasteiger partial charge in [-0.25, -0.2) is 0 Å². The second kappa shape index (κ2) is 12.2. The molecule has 4 rings (SSSR count). The van der Waals surface area contributed by atoms with Crippen LogP contribution in [0.4, 0.5) is 0 Å². The van der Waals surface area contributed by atoms with Crippen molar-refractivity contribution in [3.63, 3.8) is 0 Å². The molecule has 188 valence electrons. The summed E-state index contributed by atoms with van der Waals surface area (Å²) < 4.78 is 0. The van der Waals surface area contributed by atoms with Crippen molar-refractivity contribution >= 4 is 23.4 Å². The number of hydrogen-bond acceptors (Lipinski definition) is 2. The highest BCUT2D eigenvalue weighted by molar-refractivity contribution is 6.30. The number of carbonyl (C=O) groups is 2. The first kappa shape index (κ1) is 26.0. The van der Waals surface area contributed by atoms with Crippen LogP contribution >= 0.6 is 11.6 Å². The molecule has 0 spiro atoms. The van der Waals surface area contributed by atoms with Gasteiger partial charge in [-0.2, -0.15) is 0 Å². The lowest BCUT2D eigenvalue weighted by Gasteiger charge is -2.32. The van der Waals surface area contributed by atoms with Gasteiger partial charge in [-0.3, -0.25) is 9.59 Å². The van der Waals surface area contributed by atoms with Crippen LogP contribution in [0.3, 0.4) is 0 Å². The molecule has 0 aliphatic heterocycles. The number of halogens is 1. The molecule has 3 aromatic carbocycles. The molecule has 0 bridgehead atoms. The summed E-state index contributed by atoms with van der Waals surface area (Å²) in [6.07, 6.45) is 4.95. The molecule has 36 heavy (non-hydrogen) atoms. The van der Waals surface area contributed by atoms with Gasteiger partial charge in [0.05, 0.1) is 6.42 Å². The molecule has 0 heterocycles. The van der Waals surface area contributed by atoms with Crippen LogP contribution in [-0.2, 0) is 29.0 Å². The normalized spacial score (nSPS) is 14.4. The van der Waals surface area contributed by atoms with E-state index in [2.05, 4.69) is 25.2 Å². The Morgan fingerprint density at radius 3 is 2.31 bits per heavy atom. The predicted molar refractivity (Wildman–Crippen MR) is 146 cm³/mol. The quantitative estimate of drug-likeness (QED) is 0.379. The summed E-state index contributed by atoms with van der Waals surface area (Å²) >= 11 is 6.27. The molecule has 0 unspecified atom stereocenters. The second-order valence-corrected chi connectivity index (χ2v) is 10.4. The Labute approximate surface area is 219 Å². The second-order valence-electron chi connectivity index (χ2n) is 9.94. The highest BCUT2D eigenvalue weighted by atomic mass is 35.5. The smallest absolute Gasteiger partial charge is 0.243 e. The number of aryl methyl sites for hydroxylation is 2. The van der Waals surface area contributed by atoms with E-state index in [1.807, 2.05) is 66.7 Å². The van der Waals surface area contributed by atoms with Gasteiger partial charge in [-0.05, 0) is 66.6 Å². The number of nitrogens with one attached hydrogen (secondary N) is 1.